The minimum absolute atomic E-state index is 0.0599. The third-order valence-electron chi connectivity index (χ3n) is 6.03. The number of nitrogens with zero attached hydrogens (tertiary/aromatic N) is 4. The van der Waals surface area contributed by atoms with Crippen molar-refractivity contribution < 1.29 is 14.4 Å². The molecule has 170 valence electrons. The lowest BCUT2D eigenvalue weighted by Crippen LogP contribution is -2.07. The second-order valence-electron chi connectivity index (χ2n) is 8.17. The molecule has 5 rings (SSSR count). The van der Waals surface area contributed by atoms with E-state index in [2.05, 4.69) is 27.7 Å². The van der Waals surface area contributed by atoms with Gasteiger partial charge in [-0.3, -0.25) is 9.97 Å². The Bertz CT molecular complexity index is 1520. The highest BCUT2D eigenvalue weighted by Gasteiger charge is 2.21. The molecule has 0 saturated heterocycles. The largest absolute Gasteiger partial charge is 0.478 e. The van der Waals surface area contributed by atoms with Crippen LogP contribution in [0.25, 0.3) is 33.3 Å². The summed E-state index contributed by atoms with van der Waals surface area (Å²) in [6.07, 6.45) is 5.60. The first-order valence-electron chi connectivity index (χ1n) is 10.7. The average Bonchev–Trinajstić information content (AvgIpc) is 3.38. The molecule has 0 amide bonds. The van der Waals surface area contributed by atoms with Gasteiger partial charge in [0, 0.05) is 35.3 Å². The summed E-state index contributed by atoms with van der Waals surface area (Å²) in [7, 11) is 0. The van der Waals surface area contributed by atoms with Crippen molar-refractivity contribution in [3.63, 3.8) is 0 Å². The third-order valence-corrected chi connectivity index (χ3v) is 6.35. The molecule has 1 atom stereocenters. The van der Waals surface area contributed by atoms with Gasteiger partial charge in [-0.05, 0) is 56.7 Å². The van der Waals surface area contributed by atoms with Crippen LogP contribution in [0.5, 0.6) is 0 Å². The molecule has 0 aliphatic heterocycles. The number of carbonyl (C=O) groups is 1. The van der Waals surface area contributed by atoms with E-state index in [1.807, 2.05) is 38.2 Å². The molecule has 0 aliphatic rings. The van der Waals surface area contributed by atoms with Crippen molar-refractivity contribution in [1.82, 2.24) is 19.7 Å². The van der Waals surface area contributed by atoms with Gasteiger partial charge in [0.15, 0.2) is 0 Å². The second-order valence-corrected chi connectivity index (χ2v) is 8.58. The summed E-state index contributed by atoms with van der Waals surface area (Å²) in [5.41, 5.74) is 6.90. The maximum Gasteiger partial charge on any atom is 0.337 e. The van der Waals surface area contributed by atoms with E-state index >= 15 is 0 Å². The number of rotatable bonds is 5. The summed E-state index contributed by atoms with van der Waals surface area (Å²) < 4.78 is 7.50. The Morgan fingerprint density at radius 3 is 2.59 bits per heavy atom. The first-order chi connectivity index (χ1) is 16.3. The van der Waals surface area contributed by atoms with Crippen LogP contribution in [0.3, 0.4) is 0 Å². The molecule has 8 heteroatoms. The van der Waals surface area contributed by atoms with Gasteiger partial charge in [-0.2, -0.15) is 0 Å². The van der Waals surface area contributed by atoms with Crippen LogP contribution in [0.15, 0.2) is 65.6 Å². The number of pyridine rings is 2. The number of carboxylic acids is 1. The molecule has 0 fully saturated rings. The number of aromatic carboxylic acids is 1. The quantitative estimate of drug-likeness (QED) is 0.321. The van der Waals surface area contributed by atoms with Crippen LogP contribution in [0, 0.1) is 13.8 Å². The molecule has 1 N–H and O–H groups in total. The Morgan fingerprint density at radius 1 is 1.12 bits per heavy atom. The van der Waals surface area contributed by atoms with Crippen LogP contribution in [-0.2, 0) is 0 Å². The lowest BCUT2D eigenvalue weighted by atomic mass is 10.0. The molecule has 0 saturated carbocycles. The zero-order valence-corrected chi connectivity index (χ0v) is 19.5. The molecule has 0 bridgehead atoms. The Kier molecular flexibility index (Phi) is 5.42. The zero-order valence-electron chi connectivity index (χ0n) is 18.8. The number of hydrogen-bond donors (Lipinski definition) is 1. The van der Waals surface area contributed by atoms with Crippen molar-refractivity contribution in [2.24, 2.45) is 0 Å². The predicted molar refractivity (Wildman–Crippen MR) is 130 cm³/mol. The fourth-order valence-electron chi connectivity index (χ4n) is 4.31. The molecule has 1 aromatic carbocycles. The standard InChI is InChI=1S/C26H21ClN4O3/c1-14-24(16(3)34-30-14)18-11-23-25(29-12-18)20(17-7-8-19(26(32)33)21(27)10-17)13-31(23)15(2)22-6-4-5-9-28-22/h4-13,15H,1-3H3,(H,32,33)/t15-/m0/s1. The molecule has 4 heterocycles. The lowest BCUT2D eigenvalue weighted by Gasteiger charge is -2.15. The van der Waals surface area contributed by atoms with Gasteiger partial charge in [0.25, 0.3) is 0 Å². The van der Waals surface area contributed by atoms with Crippen LogP contribution >= 0.6 is 11.6 Å². The van der Waals surface area contributed by atoms with Gasteiger partial charge in [-0.25, -0.2) is 4.79 Å². The van der Waals surface area contributed by atoms with Crippen molar-refractivity contribution >= 4 is 28.6 Å². The van der Waals surface area contributed by atoms with Crippen LogP contribution in [0.4, 0.5) is 0 Å². The molecule has 0 unspecified atom stereocenters. The maximum atomic E-state index is 11.4. The average molecular weight is 473 g/mol. The van der Waals surface area contributed by atoms with Gasteiger partial charge in [-0.1, -0.05) is 28.9 Å². The van der Waals surface area contributed by atoms with Crippen LogP contribution in [-0.4, -0.2) is 30.8 Å². The number of hydrogen-bond acceptors (Lipinski definition) is 5. The molecule has 4 aromatic heterocycles. The first kappa shape index (κ1) is 21.9. The lowest BCUT2D eigenvalue weighted by molar-refractivity contribution is 0.0697. The van der Waals surface area contributed by atoms with Crippen molar-refractivity contribution in [3.05, 3.63) is 88.8 Å². The zero-order chi connectivity index (χ0) is 24.0. The SMILES string of the molecule is Cc1noc(C)c1-c1cnc2c(-c3ccc(C(=O)O)c(Cl)c3)cn([C@@H](C)c3ccccn3)c2c1. The van der Waals surface area contributed by atoms with Gasteiger partial charge < -0.3 is 14.2 Å². The van der Waals surface area contributed by atoms with E-state index in [-0.39, 0.29) is 16.6 Å². The molecular formula is C26H21ClN4O3. The van der Waals surface area contributed by atoms with Crippen LogP contribution < -0.4 is 0 Å². The number of benzene rings is 1. The summed E-state index contributed by atoms with van der Waals surface area (Å²) in [4.78, 5) is 20.8. The fraction of sp³-hybridized carbons (Fsp3) is 0.154. The molecule has 0 radical (unpaired) electrons. The van der Waals surface area contributed by atoms with E-state index in [0.29, 0.717) is 0 Å². The molecule has 0 aliphatic carbocycles. The van der Waals surface area contributed by atoms with E-state index in [4.69, 9.17) is 21.1 Å². The molecule has 0 spiro atoms. The summed E-state index contributed by atoms with van der Waals surface area (Å²) >= 11 is 6.28. The van der Waals surface area contributed by atoms with Crippen LogP contribution in [0.2, 0.25) is 5.02 Å². The molecule has 5 aromatic rings. The topological polar surface area (TPSA) is 94.0 Å². The minimum atomic E-state index is -1.06. The van der Waals surface area contributed by atoms with E-state index in [1.165, 1.54) is 6.07 Å². The highest BCUT2D eigenvalue weighted by atomic mass is 35.5. The summed E-state index contributed by atoms with van der Waals surface area (Å²) in [6, 6.07) is 12.8. The molecular weight excluding hydrogens is 452 g/mol. The normalized spacial score (nSPS) is 12.2. The van der Waals surface area contributed by atoms with Crippen molar-refractivity contribution in [2.45, 2.75) is 26.8 Å². The number of fused-ring (bicyclic) bond motifs is 1. The Labute approximate surface area is 200 Å². The number of aromatic nitrogens is 4. The Morgan fingerprint density at radius 2 is 1.94 bits per heavy atom. The maximum absolute atomic E-state index is 11.4. The molecule has 7 nitrogen and oxygen atoms in total. The second kappa shape index (κ2) is 8.43. The van der Waals surface area contributed by atoms with E-state index in [0.717, 1.165) is 50.4 Å². The number of halogens is 1. The molecule has 34 heavy (non-hydrogen) atoms. The van der Waals surface area contributed by atoms with E-state index < -0.39 is 5.97 Å². The number of carboxylic acid groups (broad SMARTS) is 1. The summed E-state index contributed by atoms with van der Waals surface area (Å²) in [5.74, 6) is -0.337. The Hall–Kier alpha value is -3.97. The van der Waals surface area contributed by atoms with Crippen molar-refractivity contribution in [1.29, 1.82) is 0 Å². The number of aryl methyl sites for hydroxylation is 2. The minimum Gasteiger partial charge on any atom is -0.478 e. The van der Waals surface area contributed by atoms with Gasteiger partial charge >= 0.3 is 5.97 Å². The fourth-order valence-corrected chi connectivity index (χ4v) is 4.57. The third kappa shape index (κ3) is 3.64. The first-order valence-corrected chi connectivity index (χ1v) is 11.1. The van der Waals surface area contributed by atoms with Gasteiger partial charge in [-0.15, -0.1) is 0 Å². The van der Waals surface area contributed by atoms with E-state index in [9.17, 15) is 9.90 Å². The van der Waals surface area contributed by atoms with Crippen molar-refractivity contribution in [2.75, 3.05) is 0 Å². The highest BCUT2D eigenvalue weighted by Crippen LogP contribution is 2.37. The van der Waals surface area contributed by atoms with Crippen LogP contribution in [0.1, 0.15) is 40.5 Å². The van der Waals surface area contributed by atoms with Gasteiger partial charge in [0.2, 0.25) is 0 Å². The van der Waals surface area contributed by atoms with E-state index in [1.54, 1.807) is 24.5 Å². The van der Waals surface area contributed by atoms with Gasteiger partial charge in [0.05, 0.1) is 39.0 Å². The smallest absolute Gasteiger partial charge is 0.337 e. The monoisotopic (exact) mass is 472 g/mol. The highest BCUT2D eigenvalue weighted by molar-refractivity contribution is 6.33. The summed E-state index contributed by atoms with van der Waals surface area (Å²) in [6.45, 7) is 5.87. The van der Waals surface area contributed by atoms with Gasteiger partial charge in [0.1, 0.15) is 5.76 Å². The summed E-state index contributed by atoms with van der Waals surface area (Å²) in [5, 5.41) is 13.6. The van der Waals surface area contributed by atoms with Crippen molar-refractivity contribution in [3.8, 4) is 22.3 Å². The Balaban J connectivity index is 1.74. The predicted octanol–water partition coefficient (Wildman–Crippen LogP) is 6.33.